The monoisotopic (exact) mass is 446 g/mol. The van der Waals surface area contributed by atoms with E-state index in [2.05, 4.69) is 26.8 Å². The van der Waals surface area contributed by atoms with Crippen molar-refractivity contribution in [1.82, 2.24) is 15.0 Å². The van der Waals surface area contributed by atoms with Crippen molar-refractivity contribution in [3.63, 3.8) is 0 Å². The summed E-state index contributed by atoms with van der Waals surface area (Å²) in [6, 6.07) is 18.3. The molecule has 164 valence electrons. The molecular formula is C27H18N4O3. The first-order chi connectivity index (χ1) is 16.6. The molecule has 0 unspecified atom stereocenters. The number of benzene rings is 2. The summed E-state index contributed by atoms with van der Waals surface area (Å²) in [6.45, 7) is 0. The van der Waals surface area contributed by atoms with Crippen LogP contribution < -0.4 is 4.74 Å². The summed E-state index contributed by atoms with van der Waals surface area (Å²) in [5.74, 6) is 1.45. The van der Waals surface area contributed by atoms with Crippen LogP contribution in [0.1, 0.15) is 24.0 Å². The van der Waals surface area contributed by atoms with Gasteiger partial charge in [-0.1, -0.05) is 6.07 Å². The maximum atomic E-state index is 11.9. The third-order valence-electron chi connectivity index (χ3n) is 5.49. The molecular weight excluding hydrogens is 428 g/mol. The van der Waals surface area contributed by atoms with Gasteiger partial charge in [0, 0.05) is 37.1 Å². The fourth-order valence-electron chi connectivity index (χ4n) is 3.74. The second-order valence-corrected chi connectivity index (χ2v) is 7.79. The minimum atomic E-state index is -0.167. The highest BCUT2D eigenvalue weighted by atomic mass is 16.5. The first-order valence-electron chi connectivity index (χ1n) is 10.7. The van der Waals surface area contributed by atoms with Crippen molar-refractivity contribution in [2.24, 2.45) is 0 Å². The number of allylic oxidation sites excluding steroid dienone is 1. The molecule has 34 heavy (non-hydrogen) atoms. The Bertz CT molecular complexity index is 1500. The zero-order valence-corrected chi connectivity index (χ0v) is 18.0. The Morgan fingerprint density at radius 3 is 2.56 bits per heavy atom. The molecule has 5 rings (SSSR count). The summed E-state index contributed by atoms with van der Waals surface area (Å²) in [5, 5.41) is 9.03. The molecule has 4 aromatic rings. The molecule has 1 fully saturated rings. The van der Waals surface area contributed by atoms with Crippen LogP contribution in [0.2, 0.25) is 0 Å². The number of imidazole rings is 1. The number of aromatic nitrogens is 3. The molecule has 2 aromatic carbocycles. The first kappa shape index (κ1) is 21.1. The second-order valence-electron chi connectivity index (χ2n) is 7.79. The summed E-state index contributed by atoms with van der Waals surface area (Å²) in [6.07, 6.45) is 4.27. The van der Waals surface area contributed by atoms with Crippen LogP contribution in [-0.2, 0) is 16.0 Å². The molecule has 7 nitrogen and oxygen atoms in total. The summed E-state index contributed by atoms with van der Waals surface area (Å²) < 4.78 is 6.13. The van der Waals surface area contributed by atoms with Crippen LogP contribution >= 0.6 is 0 Å². The van der Waals surface area contributed by atoms with Crippen LogP contribution in [0.4, 0.5) is 0 Å². The normalized spacial score (nSPS) is 13.1. The number of nitriles is 1. The quantitative estimate of drug-likeness (QED) is 0.267. The van der Waals surface area contributed by atoms with Crippen molar-refractivity contribution in [3.05, 3.63) is 89.3 Å². The zero-order valence-electron chi connectivity index (χ0n) is 18.0. The lowest BCUT2D eigenvalue weighted by molar-refractivity contribution is -0.116. The van der Waals surface area contributed by atoms with Crippen LogP contribution in [0.25, 0.3) is 22.6 Å². The van der Waals surface area contributed by atoms with E-state index in [1.54, 1.807) is 36.5 Å². The molecule has 7 heteroatoms. The number of fused-ring (bicyclic) bond motifs is 1. The number of hydrogen-bond acceptors (Lipinski definition) is 6. The van der Waals surface area contributed by atoms with Gasteiger partial charge in [-0.25, -0.2) is 4.98 Å². The molecule has 0 saturated heterocycles. The molecule has 0 radical (unpaired) electrons. The van der Waals surface area contributed by atoms with Gasteiger partial charge in [0.25, 0.3) is 0 Å². The first-order valence-corrected chi connectivity index (χ1v) is 10.7. The van der Waals surface area contributed by atoms with Crippen LogP contribution in [0.5, 0.6) is 11.5 Å². The van der Waals surface area contributed by atoms with Crippen molar-refractivity contribution in [2.75, 3.05) is 0 Å². The number of nitrogens with zero attached hydrogens (tertiary/aromatic N) is 3. The van der Waals surface area contributed by atoms with Crippen molar-refractivity contribution in [3.8, 4) is 29.1 Å². The maximum absolute atomic E-state index is 11.9. The van der Waals surface area contributed by atoms with E-state index in [4.69, 9.17) is 10.00 Å². The molecule has 0 atom stereocenters. The highest BCUT2D eigenvalue weighted by Crippen LogP contribution is 2.31. The fraction of sp³-hybridized carbons (Fsp3) is 0.111. The van der Waals surface area contributed by atoms with Gasteiger partial charge in [0.2, 0.25) is 0 Å². The lowest BCUT2D eigenvalue weighted by Gasteiger charge is -2.10. The number of rotatable bonds is 5. The Morgan fingerprint density at radius 2 is 1.85 bits per heavy atom. The van der Waals surface area contributed by atoms with Crippen LogP contribution in [-0.4, -0.2) is 26.5 Å². The average Bonchev–Trinajstić information content (AvgIpc) is 3.42. The molecule has 2 heterocycles. The number of aromatic amines is 1. The molecule has 1 saturated carbocycles. The van der Waals surface area contributed by atoms with Crippen molar-refractivity contribution in [2.45, 2.75) is 19.3 Å². The van der Waals surface area contributed by atoms with Gasteiger partial charge in [-0.3, -0.25) is 14.6 Å². The van der Waals surface area contributed by atoms with E-state index in [0.717, 1.165) is 16.8 Å². The van der Waals surface area contributed by atoms with Crippen molar-refractivity contribution >= 4 is 22.6 Å². The zero-order chi connectivity index (χ0) is 23.5. The molecule has 0 aliphatic heterocycles. The van der Waals surface area contributed by atoms with E-state index in [0.29, 0.717) is 34.8 Å². The van der Waals surface area contributed by atoms with E-state index in [1.807, 2.05) is 30.3 Å². The van der Waals surface area contributed by atoms with E-state index < -0.39 is 0 Å². The molecule has 2 aromatic heterocycles. The Morgan fingerprint density at radius 1 is 1.06 bits per heavy atom. The van der Waals surface area contributed by atoms with Gasteiger partial charge in [0.05, 0.1) is 22.7 Å². The molecule has 1 N–H and O–H groups in total. The van der Waals surface area contributed by atoms with Gasteiger partial charge in [-0.15, -0.1) is 5.73 Å². The number of Topliss-reactive ketones (excluding diaryl/α,β-unsaturated/α-hetero) is 2. The van der Waals surface area contributed by atoms with Gasteiger partial charge in [-0.05, 0) is 48.5 Å². The third-order valence-corrected chi connectivity index (χ3v) is 5.49. The molecule has 0 bridgehead atoms. The number of carbonyl (C=O) groups is 2. The highest BCUT2D eigenvalue weighted by molar-refractivity contribution is 6.25. The summed E-state index contributed by atoms with van der Waals surface area (Å²) >= 11 is 0. The van der Waals surface area contributed by atoms with Gasteiger partial charge in [-0.2, -0.15) is 5.26 Å². The number of pyridine rings is 1. The minimum absolute atomic E-state index is 0.134. The van der Waals surface area contributed by atoms with E-state index in [9.17, 15) is 9.59 Å². The highest BCUT2D eigenvalue weighted by Gasteiger charge is 2.25. The average molecular weight is 446 g/mol. The third kappa shape index (κ3) is 4.26. The summed E-state index contributed by atoms with van der Waals surface area (Å²) in [5.41, 5.74) is 6.60. The van der Waals surface area contributed by atoms with Crippen LogP contribution in [0.15, 0.2) is 78.2 Å². The standard InChI is InChI=1S/C27H18N4O3/c28-16-17-7-9-19(10-8-17)34-26-15-23-22(30-27(31-23)21-6-1-2-13-29-21)14-18(26)4-3-5-20-24(32)11-12-25(20)33/h1-3,6-10,13-15H,4,11-12H2,(H,30,31). The number of ether oxygens (including phenoxy) is 1. The smallest absolute Gasteiger partial charge is 0.174 e. The maximum Gasteiger partial charge on any atom is 0.174 e. The number of H-pyrrole nitrogens is 1. The van der Waals surface area contributed by atoms with Crippen LogP contribution in [0, 0.1) is 11.3 Å². The van der Waals surface area contributed by atoms with Crippen LogP contribution in [0.3, 0.4) is 0 Å². The summed E-state index contributed by atoms with van der Waals surface area (Å²) in [4.78, 5) is 36.1. The largest absolute Gasteiger partial charge is 0.457 e. The Labute approximate surface area is 195 Å². The van der Waals surface area contributed by atoms with Gasteiger partial charge in [0.1, 0.15) is 22.8 Å². The Hall–Kier alpha value is -4.79. The lowest BCUT2D eigenvalue weighted by atomic mass is 10.1. The number of ketones is 2. The predicted molar refractivity (Wildman–Crippen MR) is 125 cm³/mol. The number of hydrogen-bond donors (Lipinski definition) is 1. The van der Waals surface area contributed by atoms with Gasteiger partial charge >= 0.3 is 0 Å². The summed E-state index contributed by atoms with van der Waals surface area (Å²) in [7, 11) is 0. The SMILES string of the molecule is N#Cc1ccc(Oc2cc3nc(-c4ccccn4)[nH]c3cc2CC=C=C2C(=O)CCC2=O)cc1. The Balaban J connectivity index is 1.54. The number of nitrogens with one attached hydrogen (secondary N) is 1. The van der Waals surface area contributed by atoms with E-state index in [1.165, 1.54) is 0 Å². The molecule has 1 aliphatic rings. The Kier molecular flexibility index (Phi) is 5.57. The van der Waals surface area contributed by atoms with E-state index >= 15 is 0 Å². The minimum Gasteiger partial charge on any atom is -0.457 e. The van der Waals surface area contributed by atoms with Gasteiger partial charge < -0.3 is 9.72 Å². The van der Waals surface area contributed by atoms with E-state index in [-0.39, 0.29) is 30.0 Å². The van der Waals surface area contributed by atoms with Gasteiger partial charge in [0.15, 0.2) is 17.4 Å². The topological polar surface area (TPSA) is 109 Å². The van der Waals surface area contributed by atoms with Crippen molar-refractivity contribution in [1.29, 1.82) is 5.26 Å². The fourth-order valence-corrected chi connectivity index (χ4v) is 3.74. The molecule has 1 aliphatic carbocycles. The number of carbonyl (C=O) groups excluding carboxylic acids is 2. The lowest BCUT2D eigenvalue weighted by Crippen LogP contribution is -1.97. The van der Waals surface area contributed by atoms with Crippen molar-refractivity contribution < 1.29 is 14.3 Å². The predicted octanol–water partition coefficient (Wildman–Crippen LogP) is 4.84. The molecule has 0 amide bonds. The second kappa shape index (κ2) is 8.99. The molecule has 0 spiro atoms.